The molecule has 0 radical (unpaired) electrons. The first-order valence-electron chi connectivity index (χ1n) is 46.4. The Hall–Kier alpha value is -1.28. The third-order valence-corrected chi connectivity index (χ3v) is 33.6. The largest absolute Gasteiger partial charge is 0.301 e. The van der Waals surface area contributed by atoms with E-state index in [0.29, 0.717) is 0 Å². The quantitative estimate of drug-likeness (QED) is 0.0758. The zero-order chi connectivity index (χ0) is 68.9. The van der Waals surface area contributed by atoms with Crippen molar-refractivity contribution >= 4 is 0 Å². The predicted molar refractivity (Wildman–Crippen MR) is 429 cm³/mol. The topological polar surface area (TPSA) is 19.4 Å². The molecule has 13 aliphatic rings. The van der Waals surface area contributed by atoms with Crippen LogP contribution in [-0.2, 0) is 0 Å². The Balaban J connectivity index is 0.619. The maximum atomic E-state index is 3.41. The van der Waals surface area contributed by atoms with Crippen LogP contribution >= 0.6 is 0 Å². The van der Waals surface area contributed by atoms with E-state index < -0.39 is 0 Å². The molecule has 0 saturated heterocycles. The molecule has 13 fully saturated rings. The van der Waals surface area contributed by atoms with Gasteiger partial charge in [-0.25, -0.2) is 0 Å². The van der Waals surface area contributed by atoms with Crippen LogP contribution in [0.2, 0.25) is 0 Å². The Labute approximate surface area is 619 Å². The van der Waals surface area contributed by atoms with Crippen molar-refractivity contribution in [1.29, 1.82) is 0 Å². The first-order valence-corrected chi connectivity index (χ1v) is 46.4. The van der Waals surface area contributed by atoms with Crippen molar-refractivity contribution in [2.75, 3.05) is 52.4 Å². The Kier molecular flexibility index (Phi) is 29.4. The van der Waals surface area contributed by atoms with Gasteiger partial charge in [0.1, 0.15) is 0 Å². The standard InChI is InChI=1S/C94H162N6/c1-9-95(10-2)83-47-25-69(26-48-83)17-21-73-33-55-87(56-34-73)99(88-57-35-74(36-58-88)22-18-70-27-49-84(50-28-70)96(11-3)12-4)91-63-45-77(46-64-91)82-65-78-41-43-80-67-92(68-81-44-42-79(66-82)93(78)94(80)81)100(89-59-37-75(38-60-89)23-19-71-29-51-85(52-30-71)97(13-5)14-6)90-61-39-76(40-62-90)24-20-72-31-53-86(54-32-72)98(15-7)16-8/h17-24,69-94H,9-16,25-68H2,1-8H3. The van der Waals surface area contributed by atoms with E-state index in [1.165, 1.54) is 271 Å². The van der Waals surface area contributed by atoms with Crippen molar-refractivity contribution in [3.05, 3.63) is 48.6 Å². The number of nitrogens with zero attached hydrogens (tertiary/aromatic N) is 6. The molecule has 6 heteroatoms. The smallest absolute Gasteiger partial charge is 0.0107 e. The molecule has 0 aromatic heterocycles. The van der Waals surface area contributed by atoms with Gasteiger partial charge in [0, 0.05) is 60.4 Å². The predicted octanol–water partition coefficient (Wildman–Crippen LogP) is 23.1. The lowest BCUT2D eigenvalue weighted by Crippen LogP contribution is -2.58. The summed E-state index contributed by atoms with van der Waals surface area (Å²) in [4.78, 5) is 17.7. The van der Waals surface area contributed by atoms with Gasteiger partial charge in [0.25, 0.3) is 0 Å². The van der Waals surface area contributed by atoms with Gasteiger partial charge in [-0.15, -0.1) is 0 Å². The van der Waals surface area contributed by atoms with Crippen LogP contribution in [0.15, 0.2) is 48.6 Å². The number of hydrogen-bond donors (Lipinski definition) is 0. The maximum Gasteiger partial charge on any atom is 0.0107 e. The lowest BCUT2D eigenvalue weighted by atomic mass is 9.45. The zero-order valence-corrected chi connectivity index (χ0v) is 67.1. The van der Waals surface area contributed by atoms with E-state index >= 15 is 0 Å². The highest BCUT2D eigenvalue weighted by molar-refractivity contribution is 5.10. The third kappa shape index (κ3) is 19.2. The van der Waals surface area contributed by atoms with Crippen LogP contribution in [0.5, 0.6) is 0 Å². The SMILES string of the molecule is CCN(CC)C1CCC(C=CC2CCC(N(C3CCC(C=CC4CCC(N(CC)CC)CC4)CC3)C3CCC(C4CC5CCC6CC(N(C7CCC(C=CC8CCC(N(CC)CC)CC8)CC7)C7CCC(C=CC8CCC(N(CC)CC)CC8)CC7)CC7CCC(C4)C5C67)CC3)CC2)CC1. The van der Waals surface area contributed by atoms with E-state index in [2.05, 4.69) is 133 Å². The molecule has 0 aromatic carbocycles. The van der Waals surface area contributed by atoms with E-state index in [1.807, 2.05) is 0 Å². The molecule has 0 heterocycles. The lowest BCUT2D eigenvalue weighted by Gasteiger charge is -2.62. The average Bonchev–Trinajstić information content (AvgIpc) is 0.732. The molecule has 0 aliphatic heterocycles. The minimum atomic E-state index is 0.823. The highest BCUT2D eigenvalue weighted by Crippen LogP contribution is 2.63. The second-order valence-electron chi connectivity index (χ2n) is 38.1. The molecule has 568 valence electrons. The Bertz CT molecular complexity index is 2260. The van der Waals surface area contributed by atoms with Gasteiger partial charge in [-0.1, -0.05) is 104 Å². The number of allylic oxidation sites excluding steroid dienone is 8. The van der Waals surface area contributed by atoms with E-state index in [0.717, 1.165) is 155 Å². The molecule has 0 amide bonds. The van der Waals surface area contributed by atoms with E-state index in [-0.39, 0.29) is 0 Å². The third-order valence-electron chi connectivity index (χ3n) is 33.6. The lowest BCUT2D eigenvalue weighted by molar-refractivity contribution is -0.122. The van der Waals surface area contributed by atoms with Crippen molar-refractivity contribution in [3.63, 3.8) is 0 Å². The molecule has 13 aliphatic carbocycles. The summed E-state index contributed by atoms with van der Waals surface area (Å²) in [5, 5.41) is 0. The molecule has 4 unspecified atom stereocenters. The molecule has 100 heavy (non-hydrogen) atoms. The molecule has 13 saturated carbocycles. The van der Waals surface area contributed by atoms with Gasteiger partial charge >= 0.3 is 0 Å². The fourth-order valence-electron chi connectivity index (χ4n) is 27.9. The molecule has 0 bridgehead atoms. The molecule has 6 nitrogen and oxygen atoms in total. The van der Waals surface area contributed by atoms with Gasteiger partial charge in [0.05, 0.1) is 0 Å². The van der Waals surface area contributed by atoms with Crippen molar-refractivity contribution < 1.29 is 0 Å². The molecular weight excluding hydrogens is 1210 g/mol. The second-order valence-corrected chi connectivity index (χ2v) is 38.1. The fraction of sp³-hybridized carbons (Fsp3) is 0.915. The van der Waals surface area contributed by atoms with Crippen LogP contribution in [0.25, 0.3) is 0 Å². The van der Waals surface area contributed by atoms with E-state index in [1.54, 1.807) is 64.2 Å². The van der Waals surface area contributed by atoms with Gasteiger partial charge in [-0.05, 0) is 430 Å². The molecule has 0 spiro atoms. The number of hydrogen-bond acceptors (Lipinski definition) is 6. The van der Waals surface area contributed by atoms with Crippen molar-refractivity contribution in [1.82, 2.24) is 29.4 Å². The van der Waals surface area contributed by atoms with Gasteiger partial charge in [0.15, 0.2) is 0 Å². The minimum absolute atomic E-state index is 0.823. The van der Waals surface area contributed by atoms with Gasteiger partial charge in [0.2, 0.25) is 0 Å². The van der Waals surface area contributed by atoms with E-state index in [4.69, 9.17) is 0 Å². The summed E-state index contributed by atoms with van der Waals surface area (Å²) in [6.45, 7) is 28.8. The first-order chi connectivity index (χ1) is 49.1. The molecule has 13 rings (SSSR count). The second kappa shape index (κ2) is 38.2. The normalized spacial score (nSPS) is 42.7. The molecule has 0 N–H and O–H groups in total. The Morgan fingerprint density at radius 1 is 0.170 bits per heavy atom. The highest BCUT2D eigenvalue weighted by atomic mass is 15.2. The van der Waals surface area contributed by atoms with Crippen LogP contribution in [0.3, 0.4) is 0 Å². The summed E-state index contributed by atoms with van der Waals surface area (Å²) >= 11 is 0. The fourth-order valence-corrected chi connectivity index (χ4v) is 27.9. The van der Waals surface area contributed by atoms with Crippen molar-refractivity contribution in [2.24, 2.45) is 94.7 Å². The van der Waals surface area contributed by atoms with E-state index in [9.17, 15) is 0 Å². The number of rotatable bonds is 27. The summed E-state index contributed by atoms with van der Waals surface area (Å²) in [5.41, 5.74) is 0. The van der Waals surface area contributed by atoms with Crippen LogP contribution in [0.1, 0.15) is 338 Å². The van der Waals surface area contributed by atoms with Gasteiger partial charge < -0.3 is 19.6 Å². The average molecular weight is 1380 g/mol. The van der Waals surface area contributed by atoms with Crippen LogP contribution in [0.4, 0.5) is 0 Å². The van der Waals surface area contributed by atoms with Crippen molar-refractivity contribution in [2.45, 2.75) is 398 Å². The minimum Gasteiger partial charge on any atom is -0.301 e. The summed E-state index contributed by atoms with van der Waals surface area (Å²) in [6.07, 6.45) is 86.9. The van der Waals surface area contributed by atoms with Crippen LogP contribution in [-0.4, -0.2) is 142 Å². The van der Waals surface area contributed by atoms with Crippen molar-refractivity contribution in [3.8, 4) is 0 Å². The Morgan fingerprint density at radius 2 is 0.340 bits per heavy atom. The summed E-state index contributed by atoms with van der Waals surface area (Å²) in [7, 11) is 0. The molecular formula is C94H162N6. The van der Waals surface area contributed by atoms with Gasteiger partial charge in [-0.2, -0.15) is 0 Å². The maximum absolute atomic E-state index is 3.41. The first kappa shape index (κ1) is 76.9. The summed E-state index contributed by atoms with van der Waals surface area (Å²) in [6, 6.07) is 8.36. The Morgan fingerprint density at radius 3 is 0.550 bits per heavy atom. The highest BCUT2D eigenvalue weighted by Gasteiger charge is 2.56. The molecule has 4 atom stereocenters. The monoisotopic (exact) mass is 1380 g/mol. The zero-order valence-electron chi connectivity index (χ0n) is 67.1. The molecule has 0 aromatic rings. The van der Waals surface area contributed by atoms with Gasteiger partial charge in [-0.3, -0.25) is 9.80 Å². The van der Waals surface area contributed by atoms with Crippen LogP contribution in [0, 0.1) is 94.7 Å². The summed E-state index contributed by atoms with van der Waals surface area (Å²) in [5.74, 6) is 14.9. The summed E-state index contributed by atoms with van der Waals surface area (Å²) < 4.78 is 0. The van der Waals surface area contributed by atoms with Crippen LogP contribution < -0.4 is 0 Å².